The van der Waals surface area contributed by atoms with Gasteiger partial charge in [-0.1, -0.05) is 12.1 Å². The fourth-order valence-electron chi connectivity index (χ4n) is 4.09. The monoisotopic (exact) mass is 591 g/mol. The van der Waals surface area contributed by atoms with Crippen molar-refractivity contribution in [1.29, 1.82) is 0 Å². The number of anilines is 1. The number of amides is 3. The second-order valence-corrected chi connectivity index (χ2v) is 10.3. The number of rotatable bonds is 5. The first-order chi connectivity index (χ1) is 19.7. The molecule has 0 spiro atoms. The molecule has 2 N–H and O–H groups in total. The minimum atomic E-state index is -5.13. The normalized spacial score (nSPS) is 17.4. The molecule has 1 aliphatic heterocycles. The summed E-state index contributed by atoms with van der Waals surface area (Å²) in [6.07, 6.45) is -1.33. The summed E-state index contributed by atoms with van der Waals surface area (Å²) >= 11 is 0. The van der Waals surface area contributed by atoms with E-state index in [9.17, 15) is 32.3 Å². The number of carbonyl (C=O) groups excluding carboxylic acids is 3. The van der Waals surface area contributed by atoms with Crippen molar-refractivity contribution < 1.29 is 37.0 Å². The predicted octanol–water partition coefficient (Wildman–Crippen LogP) is 2.86. The number of imidazole rings is 1. The number of alkyl halides is 3. The van der Waals surface area contributed by atoms with Gasteiger partial charge >= 0.3 is 29.9 Å². The van der Waals surface area contributed by atoms with Crippen LogP contribution in [0.1, 0.15) is 32.4 Å². The number of benzene rings is 1. The summed E-state index contributed by atoms with van der Waals surface area (Å²) < 4.78 is 53.6. The molecular formula is C26H28F3N7O6. The molecule has 3 aromatic rings. The Morgan fingerprint density at radius 3 is 2.40 bits per heavy atom. The number of carbonyl (C=O) groups is 3. The van der Waals surface area contributed by atoms with Crippen molar-refractivity contribution >= 4 is 23.8 Å². The van der Waals surface area contributed by atoms with E-state index in [-0.39, 0.29) is 19.0 Å². The van der Waals surface area contributed by atoms with Crippen molar-refractivity contribution in [3.8, 4) is 5.69 Å². The van der Waals surface area contributed by atoms with E-state index in [2.05, 4.69) is 20.6 Å². The second-order valence-electron chi connectivity index (χ2n) is 10.3. The number of halogens is 3. The molecule has 42 heavy (non-hydrogen) atoms. The molecule has 0 radical (unpaired) electrons. The average molecular weight is 592 g/mol. The number of nitrogens with zero attached hydrogens (tertiary/aromatic N) is 5. The third kappa shape index (κ3) is 7.51. The Kier molecular flexibility index (Phi) is 8.65. The van der Waals surface area contributed by atoms with Gasteiger partial charge in [-0.15, -0.1) is 0 Å². The van der Waals surface area contributed by atoms with E-state index < -0.39 is 54.2 Å². The average Bonchev–Trinajstić information content (AvgIpc) is 3.46. The number of alkyl carbamates (subject to hydrolysis) is 1. The minimum absolute atomic E-state index is 0.00272. The van der Waals surface area contributed by atoms with Gasteiger partial charge in [0.1, 0.15) is 17.7 Å². The van der Waals surface area contributed by atoms with Gasteiger partial charge in [0.05, 0.1) is 24.4 Å². The molecule has 224 valence electrons. The fourth-order valence-corrected chi connectivity index (χ4v) is 4.09. The summed E-state index contributed by atoms with van der Waals surface area (Å²) in [5.74, 6) is -2.04. The Bertz CT molecular complexity index is 1480. The van der Waals surface area contributed by atoms with Crippen molar-refractivity contribution in [3.05, 3.63) is 71.3 Å². The maximum Gasteiger partial charge on any atom is 0.471 e. The molecule has 1 aliphatic rings. The summed E-state index contributed by atoms with van der Waals surface area (Å²) in [4.78, 5) is 57.3. The number of aromatic nitrogens is 4. The van der Waals surface area contributed by atoms with Gasteiger partial charge in [-0.3, -0.25) is 19.2 Å². The summed E-state index contributed by atoms with van der Waals surface area (Å²) in [7, 11) is 0. The molecular weight excluding hydrogens is 563 g/mol. The van der Waals surface area contributed by atoms with Crippen molar-refractivity contribution in [2.24, 2.45) is 0 Å². The molecule has 0 bridgehead atoms. The zero-order valence-electron chi connectivity index (χ0n) is 22.8. The van der Waals surface area contributed by atoms with E-state index in [1.54, 1.807) is 20.8 Å². The third-order valence-electron chi connectivity index (χ3n) is 5.98. The van der Waals surface area contributed by atoms with Crippen LogP contribution in [-0.4, -0.2) is 79.6 Å². The van der Waals surface area contributed by atoms with Crippen LogP contribution in [0.15, 0.2) is 60.0 Å². The summed E-state index contributed by atoms with van der Waals surface area (Å²) in [6, 6.07) is 5.65. The number of nitrogens with one attached hydrogen (secondary N) is 2. The van der Waals surface area contributed by atoms with Crippen LogP contribution >= 0.6 is 0 Å². The van der Waals surface area contributed by atoms with Gasteiger partial charge in [0.25, 0.3) is 0 Å². The highest BCUT2D eigenvalue weighted by molar-refractivity contribution is 5.89. The molecule has 0 saturated carbocycles. The number of hydrogen-bond donors (Lipinski definition) is 2. The standard InChI is InChI=1S/C26H28F3N7O6/c1-25(2,3)42-24(40)31-12-18-13-36(21(37)26(27,28)29)19(14-41-18)16-4-6-17(7-5-16)35-10-8-20(33-23(35)39)32-22(38)34-11-9-30-15-34/h4-11,15,18-19H,12-14H2,1-3H3,(H,31,40)(H,32,33,38,39)/t18-,19?/m0/s1. The molecule has 4 rings (SSSR count). The van der Waals surface area contributed by atoms with Gasteiger partial charge in [-0.05, 0) is 44.5 Å². The van der Waals surface area contributed by atoms with E-state index in [1.807, 2.05) is 0 Å². The Morgan fingerprint density at radius 1 is 1.10 bits per heavy atom. The highest BCUT2D eigenvalue weighted by Gasteiger charge is 2.47. The Morgan fingerprint density at radius 2 is 1.81 bits per heavy atom. The van der Waals surface area contributed by atoms with E-state index >= 15 is 0 Å². The quantitative estimate of drug-likeness (QED) is 0.460. The SMILES string of the molecule is CC(C)(C)OC(=O)NC[C@H]1CN(C(=O)C(F)(F)F)C(c2ccc(-n3ccc(NC(=O)n4ccnc4)nc3=O)cc2)CO1. The third-order valence-corrected chi connectivity index (χ3v) is 5.98. The second kappa shape index (κ2) is 12.0. The van der Waals surface area contributed by atoms with Gasteiger partial charge in [0, 0.05) is 31.7 Å². The zero-order chi connectivity index (χ0) is 30.7. The van der Waals surface area contributed by atoms with E-state index in [0.717, 1.165) is 4.57 Å². The summed E-state index contributed by atoms with van der Waals surface area (Å²) in [5, 5.41) is 4.90. The van der Waals surface area contributed by atoms with Crippen LogP contribution in [0, 0.1) is 0 Å². The molecule has 1 saturated heterocycles. The molecule has 2 atom stereocenters. The van der Waals surface area contributed by atoms with Crippen molar-refractivity contribution in [2.75, 3.05) is 25.0 Å². The number of morpholine rings is 1. The summed E-state index contributed by atoms with van der Waals surface area (Å²) in [6.45, 7) is 4.11. The van der Waals surface area contributed by atoms with Crippen LogP contribution in [0.4, 0.5) is 28.6 Å². The highest BCUT2D eigenvalue weighted by Crippen LogP contribution is 2.31. The lowest BCUT2D eigenvalue weighted by molar-refractivity contribution is -0.196. The zero-order valence-corrected chi connectivity index (χ0v) is 22.8. The van der Waals surface area contributed by atoms with Crippen LogP contribution in [0.25, 0.3) is 5.69 Å². The van der Waals surface area contributed by atoms with Crippen LogP contribution in [0.2, 0.25) is 0 Å². The van der Waals surface area contributed by atoms with Gasteiger partial charge in [-0.25, -0.2) is 19.4 Å². The first-order valence-corrected chi connectivity index (χ1v) is 12.7. The van der Waals surface area contributed by atoms with E-state index in [0.29, 0.717) is 16.2 Å². The largest absolute Gasteiger partial charge is 0.471 e. The van der Waals surface area contributed by atoms with Crippen molar-refractivity contribution in [2.45, 2.75) is 44.7 Å². The molecule has 1 unspecified atom stereocenters. The van der Waals surface area contributed by atoms with Gasteiger partial charge in [0.15, 0.2) is 0 Å². The maximum atomic E-state index is 13.5. The number of hydrogen-bond acceptors (Lipinski definition) is 8. The maximum absolute atomic E-state index is 13.5. The molecule has 1 aromatic carbocycles. The van der Waals surface area contributed by atoms with E-state index in [4.69, 9.17) is 9.47 Å². The first kappa shape index (κ1) is 30.2. The summed E-state index contributed by atoms with van der Waals surface area (Å²) in [5.41, 5.74) is -0.817. The molecule has 13 nitrogen and oxygen atoms in total. The van der Waals surface area contributed by atoms with Gasteiger partial charge < -0.3 is 19.7 Å². The van der Waals surface area contributed by atoms with Crippen LogP contribution in [0.3, 0.4) is 0 Å². The molecule has 3 heterocycles. The van der Waals surface area contributed by atoms with Crippen LogP contribution in [-0.2, 0) is 14.3 Å². The molecule has 0 aliphatic carbocycles. The van der Waals surface area contributed by atoms with E-state index in [1.165, 1.54) is 59.8 Å². The van der Waals surface area contributed by atoms with Gasteiger partial charge in [-0.2, -0.15) is 18.2 Å². The lowest BCUT2D eigenvalue weighted by Gasteiger charge is -2.40. The lowest BCUT2D eigenvalue weighted by atomic mass is 10.0. The lowest BCUT2D eigenvalue weighted by Crippen LogP contribution is -2.54. The Hall–Kier alpha value is -4.73. The van der Waals surface area contributed by atoms with Gasteiger partial charge in [0.2, 0.25) is 0 Å². The van der Waals surface area contributed by atoms with Crippen LogP contribution < -0.4 is 16.3 Å². The fraction of sp³-hybridized carbons (Fsp3) is 0.385. The Balaban J connectivity index is 1.47. The smallest absolute Gasteiger partial charge is 0.444 e. The Labute approximate surface area is 237 Å². The first-order valence-electron chi connectivity index (χ1n) is 12.7. The number of ether oxygens (including phenoxy) is 2. The molecule has 3 amide bonds. The molecule has 16 heteroatoms. The minimum Gasteiger partial charge on any atom is -0.444 e. The van der Waals surface area contributed by atoms with Crippen LogP contribution in [0.5, 0.6) is 0 Å². The topological polar surface area (TPSA) is 150 Å². The predicted molar refractivity (Wildman–Crippen MR) is 141 cm³/mol. The highest BCUT2D eigenvalue weighted by atomic mass is 19.4. The molecule has 2 aromatic heterocycles. The van der Waals surface area contributed by atoms with Crippen molar-refractivity contribution in [1.82, 2.24) is 29.3 Å². The molecule has 1 fully saturated rings. The van der Waals surface area contributed by atoms with Crippen molar-refractivity contribution in [3.63, 3.8) is 0 Å².